The number of nitrogens with zero attached hydrogens (tertiary/aromatic N) is 3. The van der Waals surface area contributed by atoms with Crippen molar-refractivity contribution in [3.8, 4) is 22.8 Å². The van der Waals surface area contributed by atoms with Crippen molar-refractivity contribution in [2.75, 3.05) is 40.4 Å². The Morgan fingerprint density at radius 1 is 1.03 bits per heavy atom. The number of aryl methyl sites for hydroxylation is 1. The third-order valence-corrected chi connectivity index (χ3v) is 5.80. The number of piperazine rings is 1. The van der Waals surface area contributed by atoms with Gasteiger partial charge < -0.3 is 23.7 Å². The van der Waals surface area contributed by atoms with Crippen LogP contribution in [0.25, 0.3) is 11.3 Å². The molecule has 0 saturated carbocycles. The molecule has 0 N–H and O–H groups in total. The normalized spacial score (nSPS) is 13.6. The zero-order chi connectivity index (χ0) is 24.1. The number of hydrogen-bond acceptors (Lipinski definition) is 6. The summed E-state index contributed by atoms with van der Waals surface area (Å²) < 4.78 is 30.1. The second-order valence-corrected chi connectivity index (χ2v) is 7.84. The van der Waals surface area contributed by atoms with Gasteiger partial charge in [0.05, 0.1) is 31.5 Å². The van der Waals surface area contributed by atoms with Crippen molar-refractivity contribution in [1.82, 2.24) is 14.8 Å². The highest BCUT2D eigenvalue weighted by molar-refractivity contribution is 5.97. The van der Waals surface area contributed by atoms with Gasteiger partial charge in [-0.25, -0.2) is 9.37 Å². The number of hydrogen-bond donors (Lipinski definition) is 0. The lowest BCUT2D eigenvalue weighted by Crippen LogP contribution is -2.50. The molecule has 1 fully saturated rings. The van der Waals surface area contributed by atoms with Crippen molar-refractivity contribution in [1.29, 1.82) is 0 Å². The van der Waals surface area contributed by atoms with Gasteiger partial charge in [0.25, 0.3) is 5.91 Å². The molecule has 4 rings (SSSR count). The van der Waals surface area contributed by atoms with Gasteiger partial charge in [-0.15, -0.1) is 0 Å². The quantitative estimate of drug-likeness (QED) is 0.530. The highest BCUT2D eigenvalue weighted by Crippen LogP contribution is 2.26. The van der Waals surface area contributed by atoms with Crippen LogP contribution in [0.1, 0.15) is 22.7 Å². The monoisotopic (exact) mass is 467 g/mol. The number of amides is 2. The van der Waals surface area contributed by atoms with Gasteiger partial charge >= 0.3 is 0 Å². The zero-order valence-electron chi connectivity index (χ0n) is 19.1. The maximum absolute atomic E-state index is 13.9. The molecular formula is C25H26FN3O5. The number of oxazole rings is 1. The molecule has 1 aliphatic rings. The smallest absolute Gasteiger partial charge is 0.257 e. The number of carbonyl (C=O) groups is 2. The summed E-state index contributed by atoms with van der Waals surface area (Å²) in [6.45, 7) is 1.73. The number of ether oxygens (including phenoxy) is 2. The maximum Gasteiger partial charge on any atom is 0.257 e. The van der Waals surface area contributed by atoms with Gasteiger partial charge in [-0.3, -0.25) is 9.59 Å². The SMILES string of the molecule is COc1ccc(C(=O)N2CCN(C(=O)CCc3ncc(-c4ccccc4F)o3)CC2)c(OC)c1. The highest BCUT2D eigenvalue weighted by atomic mass is 19.1. The van der Waals surface area contributed by atoms with Gasteiger partial charge in [0.2, 0.25) is 5.91 Å². The highest BCUT2D eigenvalue weighted by Gasteiger charge is 2.26. The van der Waals surface area contributed by atoms with E-state index < -0.39 is 0 Å². The Labute approximate surface area is 196 Å². The van der Waals surface area contributed by atoms with Crippen molar-refractivity contribution in [2.24, 2.45) is 0 Å². The fourth-order valence-electron chi connectivity index (χ4n) is 3.89. The van der Waals surface area contributed by atoms with Gasteiger partial charge in [-0.05, 0) is 24.3 Å². The first-order valence-corrected chi connectivity index (χ1v) is 11.0. The number of carbonyl (C=O) groups excluding carboxylic acids is 2. The molecule has 0 bridgehead atoms. The third-order valence-electron chi connectivity index (χ3n) is 5.80. The summed E-state index contributed by atoms with van der Waals surface area (Å²) >= 11 is 0. The second kappa shape index (κ2) is 10.4. The summed E-state index contributed by atoms with van der Waals surface area (Å²) in [5, 5.41) is 0. The Balaban J connectivity index is 1.30. The van der Waals surface area contributed by atoms with Crippen LogP contribution in [0.4, 0.5) is 4.39 Å². The van der Waals surface area contributed by atoms with Crippen molar-refractivity contribution in [3.05, 3.63) is 65.9 Å². The van der Waals surface area contributed by atoms with Crippen molar-refractivity contribution >= 4 is 11.8 Å². The van der Waals surface area contributed by atoms with E-state index in [9.17, 15) is 14.0 Å². The molecule has 0 aliphatic carbocycles. The molecule has 2 amide bonds. The van der Waals surface area contributed by atoms with E-state index in [2.05, 4.69) is 4.98 Å². The van der Waals surface area contributed by atoms with Crippen LogP contribution >= 0.6 is 0 Å². The molecule has 0 atom stereocenters. The van der Waals surface area contributed by atoms with E-state index in [1.807, 2.05) is 0 Å². The van der Waals surface area contributed by atoms with Gasteiger partial charge in [-0.2, -0.15) is 0 Å². The van der Waals surface area contributed by atoms with Crippen molar-refractivity contribution < 1.29 is 27.9 Å². The van der Waals surface area contributed by atoms with E-state index >= 15 is 0 Å². The molecule has 1 aromatic heterocycles. The standard InChI is InChI=1S/C25H26FN3O5/c1-32-17-7-8-19(21(15-17)33-2)25(31)29-13-11-28(12-14-29)24(30)10-9-23-27-16-22(34-23)18-5-3-4-6-20(18)26/h3-8,15-16H,9-14H2,1-2H3. The molecule has 0 unspecified atom stereocenters. The minimum atomic E-state index is -0.388. The molecule has 8 nitrogen and oxygen atoms in total. The maximum atomic E-state index is 13.9. The summed E-state index contributed by atoms with van der Waals surface area (Å²) in [6.07, 6.45) is 2.00. The summed E-state index contributed by atoms with van der Waals surface area (Å²) in [5.74, 6) is 1.20. The van der Waals surface area contributed by atoms with E-state index in [0.29, 0.717) is 66.9 Å². The van der Waals surface area contributed by atoms with Crippen LogP contribution in [-0.2, 0) is 11.2 Å². The summed E-state index contributed by atoms with van der Waals surface area (Å²) in [6, 6.07) is 11.4. The first kappa shape index (κ1) is 23.3. The van der Waals surface area contributed by atoms with Crippen LogP contribution in [-0.4, -0.2) is 67.0 Å². The first-order valence-electron chi connectivity index (χ1n) is 11.0. The van der Waals surface area contributed by atoms with E-state index in [1.165, 1.54) is 19.4 Å². The van der Waals surface area contributed by atoms with Crippen molar-refractivity contribution in [2.45, 2.75) is 12.8 Å². The Bertz CT molecular complexity index is 1170. The van der Waals surface area contributed by atoms with Gasteiger partial charge in [0, 0.05) is 45.1 Å². The molecule has 0 radical (unpaired) electrons. The Kier molecular flexibility index (Phi) is 7.10. The largest absolute Gasteiger partial charge is 0.497 e. The van der Waals surface area contributed by atoms with E-state index in [0.717, 1.165) is 0 Å². The van der Waals surface area contributed by atoms with E-state index in [1.54, 1.807) is 53.3 Å². The molecule has 34 heavy (non-hydrogen) atoms. The molecular weight excluding hydrogens is 441 g/mol. The average Bonchev–Trinajstić information content (AvgIpc) is 3.35. The van der Waals surface area contributed by atoms with E-state index in [4.69, 9.17) is 13.9 Å². The van der Waals surface area contributed by atoms with Crippen LogP contribution in [0, 0.1) is 5.82 Å². The minimum absolute atomic E-state index is 0.0419. The van der Waals surface area contributed by atoms with Crippen LogP contribution in [0.3, 0.4) is 0 Å². The molecule has 2 aromatic carbocycles. The Morgan fingerprint density at radius 2 is 1.76 bits per heavy atom. The van der Waals surface area contributed by atoms with Crippen LogP contribution in [0.2, 0.25) is 0 Å². The molecule has 0 spiro atoms. The predicted octanol–water partition coefficient (Wildman–Crippen LogP) is 3.42. The molecule has 178 valence electrons. The zero-order valence-corrected chi connectivity index (χ0v) is 19.1. The molecule has 2 heterocycles. The molecule has 9 heteroatoms. The van der Waals surface area contributed by atoms with Crippen LogP contribution < -0.4 is 9.47 Å². The predicted molar refractivity (Wildman–Crippen MR) is 122 cm³/mol. The number of benzene rings is 2. The fourth-order valence-corrected chi connectivity index (χ4v) is 3.89. The first-order chi connectivity index (χ1) is 16.5. The van der Waals surface area contributed by atoms with E-state index in [-0.39, 0.29) is 24.1 Å². The summed E-state index contributed by atoms with van der Waals surface area (Å²) in [5.41, 5.74) is 0.791. The number of methoxy groups -OCH3 is 2. The lowest BCUT2D eigenvalue weighted by Gasteiger charge is -2.35. The minimum Gasteiger partial charge on any atom is -0.497 e. The van der Waals surface area contributed by atoms with Gasteiger partial charge in [0.1, 0.15) is 17.3 Å². The number of rotatable bonds is 7. The van der Waals surface area contributed by atoms with Gasteiger partial charge in [-0.1, -0.05) is 12.1 Å². The second-order valence-electron chi connectivity index (χ2n) is 7.84. The van der Waals surface area contributed by atoms with Crippen LogP contribution in [0.15, 0.2) is 53.1 Å². The van der Waals surface area contributed by atoms with Gasteiger partial charge in [0.15, 0.2) is 11.7 Å². The lowest BCUT2D eigenvalue weighted by molar-refractivity contribution is -0.132. The van der Waals surface area contributed by atoms with Crippen molar-refractivity contribution in [3.63, 3.8) is 0 Å². The fraction of sp³-hybridized carbons (Fsp3) is 0.320. The number of halogens is 1. The number of aromatic nitrogens is 1. The molecule has 1 aliphatic heterocycles. The Morgan fingerprint density at radius 3 is 2.47 bits per heavy atom. The topological polar surface area (TPSA) is 85.1 Å². The molecule has 3 aromatic rings. The van der Waals surface area contributed by atoms with Crippen LogP contribution in [0.5, 0.6) is 11.5 Å². The summed E-state index contributed by atoms with van der Waals surface area (Å²) in [7, 11) is 3.06. The molecule has 1 saturated heterocycles. The Hall–Kier alpha value is -3.88. The lowest BCUT2D eigenvalue weighted by atomic mass is 10.1. The average molecular weight is 467 g/mol. The summed E-state index contributed by atoms with van der Waals surface area (Å²) in [4.78, 5) is 33.3. The third kappa shape index (κ3) is 5.03.